The average Bonchev–Trinajstić information content (AvgIpc) is 2.46. The number of benzene rings is 1. The average molecular weight is 318 g/mol. The smallest absolute Gasteiger partial charge is 0.293 e. The molecule has 0 aliphatic heterocycles. The van der Waals surface area contributed by atoms with Crippen LogP contribution in [-0.4, -0.2) is 45.0 Å². The molecule has 0 atom stereocenters. The van der Waals surface area contributed by atoms with Gasteiger partial charge in [-0.25, -0.2) is 8.42 Å². The number of hydrogen-bond donors (Lipinski definition) is 0. The normalized spacial score (nSPS) is 11.5. The van der Waals surface area contributed by atoms with Gasteiger partial charge in [-0.2, -0.15) is 4.31 Å². The van der Waals surface area contributed by atoms with Crippen LogP contribution >= 0.6 is 0 Å². The second-order valence-electron chi connectivity index (χ2n) is 4.02. The van der Waals surface area contributed by atoms with Gasteiger partial charge in [0.15, 0.2) is 16.4 Å². The van der Waals surface area contributed by atoms with E-state index in [9.17, 15) is 18.5 Å². The van der Waals surface area contributed by atoms with Crippen molar-refractivity contribution in [3.63, 3.8) is 0 Å². The highest BCUT2D eigenvalue weighted by Gasteiger charge is 2.32. The fourth-order valence-corrected chi connectivity index (χ4v) is 3.51. The Morgan fingerprint density at radius 2 is 1.62 bits per heavy atom. The van der Waals surface area contributed by atoms with Crippen molar-refractivity contribution in [2.75, 3.05) is 27.3 Å². The summed E-state index contributed by atoms with van der Waals surface area (Å²) in [5.41, 5.74) is -0.542. The minimum atomic E-state index is -3.98. The van der Waals surface area contributed by atoms with E-state index in [1.807, 2.05) is 0 Å². The van der Waals surface area contributed by atoms with Crippen LogP contribution in [0, 0.1) is 10.1 Å². The van der Waals surface area contributed by atoms with Crippen LogP contribution < -0.4 is 9.47 Å². The molecule has 9 heteroatoms. The minimum absolute atomic E-state index is 0.0997. The van der Waals surface area contributed by atoms with E-state index < -0.39 is 25.5 Å². The summed E-state index contributed by atoms with van der Waals surface area (Å²) in [6, 6.07) is 2.17. The third-order valence-electron chi connectivity index (χ3n) is 2.99. The molecule has 0 saturated heterocycles. The maximum atomic E-state index is 12.5. The van der Waals surface area contributed by atoms with Crippen molar-refractivity contribution in [2.45, 2.75) is 18.7 Å². The lowest BCUT2D eigenvalue weighted by atomic mass is 10.3. The van der Waals surface area contributed by atoms with E-state index in [-0.39, 0.29) is 24.6 Å². The summed E-state index contributed by atoms with van der Waals surface area (Å²) in [6.45, 7) is 3.75. The van der Waals surface area contributed by atoms with Gasteiger partial charge in [0.1, 0.15) is 0 Å². The molecule has 0 spiro atoms. The maximum absolute atomic E-state index is 12.5. The SMILES string of the molecule is CCN(CC)S(=O)(=O)c1cc(OC)c(OC)cc1[N+](=O)[O-]. The van der Waals surface area contributed by atoms with Crippen LogP contribution in [0.2, 0.25) is 0 Å². The third-order valence-corrected chi connectivity index (χ3v) is 5.06. The lowest BCUT2D eigenvalue weighted by Gasteiger charge is -2.19. The van der Waals surface area contributed by atoms with Crippen LogP contribution in [0.3, 0.4) is 0 Å². The molecule has 1 rings (SSSR count). The Morgan fingerprint density at radius 3 is 2.00 bits per heavy atom. The summed E-state index contributed by atoms with van der Waals surface area (Å²) >= 11 is 0. The van der Waals surface area contributed by atoms with E-state index in [1.165, 1.54) is 14.2 Å². The molecule has 0 aliphatic rings. The minimum Gasteiger partial charge on any atom is -0.493 e. The van der Waals surface area contributed by atoms with Gasteiger partial charge in [-0.15, -0.1) is 0 Å². The molecule has 0 heterocycles. The second-order valence-corrected chi connectivity index (χ2v) is 5.93. The van der Waals surface area contributed by atoms with Gasteiger partial charge in [0, 0.05) is 19.2 Å². The standard InChI is InChI=1S/C12H18N2O6S/c1-5-13(6-2)21(17,18)12-8-11(20-4)10(19-3)7-9(12)14(15)16/h7-8H,5-6H2,1-4H3. The summed E-state index contributed by atoms with van der Waals surface area (Å²) in [6.07, 6.45) is 0. The van der Waals surface area contributed by atoms with Crippen LogP contribution in [0.4, 0.5) is 5.69 Å². The highest BCUT2D eigenvalue weighted by molar-refractivity contribution is 7.89. The lowest BCUT2D eigenvalue weighted by molar-refractivity contribution is -0.388. The number of ether oxygens (including phenoxy) is 2. The Kier molecular flexibility index (Phi) is 5.50. The van der Waals surface area contributed by atoms with Crippen molar-refractivity contribution in [3.05, 3.63) is 22.2 Å². The van der Waals surface area contributed by atoms with E-state index in [0.717, 1.165) is 16.4 Å². The number of hydrogen-bond acceptors (Lipinski definition) is 6. The van der Waals surface area contributed by atoms with Gasteiger partial charge in [0.05, 0.1) is 25.2 Å². The number of nitro benzene ring substituents is 1. The zero-order chi connectivity index (χ0) is 16.2. The van der Waals surface area contributed by atoms with Crippen molar-refractivity contribution in [2.24, 2.45) is 0 Å². The molecular weight excluding hydrogens is 300 g/mol. The van der Waals surface area contributed by atoms with Crippen LogP contribution in [0.5, 0.6) is 11.5 Å². The fourth-order valence-electron chi connectivity index (χ4n) is 1.90. The molecule has 1 aromatic carbocycles. The van der Waals surface area contributed by atoms with Crippen molar-refractivity contribution in [3.8, 4) is 11.5 Å². The molecule has 21 heavy (non-hydrogen) atoms. The summed E-state index contributed by atoms with van der Waals surface area (Å²) in [5.74, 6) is 0.219. The fraction of sp³-hybridized carbons (Fsp3) is 0.500. The Morgan fingerprint density at radius 1 is 1.14 bits per heavy atom. The van der Waals surface area contributed by atoms with Crippen LogP contribution in [0.15, 0.2) is 17.0 Å². The zero-order valence-corrected chi connectivity index (χ0v) is 13.1. The van der Waals surface area contributed by atoms with Gasteiger partial charge in [-0.1, -0.05) is 13.8 Å². The van der Waals surface area contributed by atoms with Crippen molar-refractivity contribution >= 4 is 15.7 Å². The highest BCUT2D eigenvalue weighted by atomic mass is 32.2. The van der Waals surface area contributed by atoms with Crippen molar-refractivity contribution in [1.29, 1.82) is 0 Å². The number of nitro groups is 1. The Hall–Kier alpha value is -1.87. The number of rotatable bonds is 7. The Bertz CT molecular complexity index is 625. The number of nitrogens with zero attached hydrogens (tertiary/aromatic N) is 2. The molecule has 0 radical (unpaired) electrons. The van der Waals surface area contributed by atoms with Gasteiger partial charge in [0.25, 0.3) is 5.69 Å². The van der Waals surface area contributed by atoms with Gasteiger partial charge >= 0.3 is 0 Å². The molecule has 0 N–H and O–H groups in total. The van der Waals surface area contributed by atoms with E-state index >= 15 is 0 Å². The molecule has 0 unspecified atom stereocenters. The topological polar surface area (TPSA) is 99.0 Å². The molecule has 0 aromatic heterocycles. The Labute approximate surface area is 123 Å². The second kappa shape index (κ2) is 6.72. The largest absolute Gasteiger partial charge is 0.493 e. The van der Waals surface area contributed by atoms with Gasteiger partial charge in [-0.05, 0) is 0 Å². The number of methoxy groups -OCH3 is 2. The first-order valence-corrected chi connectivity index (χ1v) is 7.67. The van der Waals surface area contributed by atoms with Crippen LogP contribution in [0.25, 0.3) is 0 Å². The molecular formula is C12H18N2O6S. The third kappa shape index (κ3) is 3.24. The quantitative estimate of drug-likeness (QED) is 0.560. The molecule has 0 amide bonds. The van der Waals surface area contributed by atoms with Gasteiger partial charge in [0.2, 0.25) is 10.0 Å². The zero-order valence-electron chi connectivity index (χ0n) is 12.3. The molecule has 0 aliphatic carbocycles. The van der Waals surface area contributed by atoms with E-state index in [4.69, 9.17) is 9.47 Å². The first-order chi connectivity index (χ1) is 9.83. The predicted octanol–water partition coefficient (Wildman–Crippen LogP) is 1.64. The van der Waals surface area contributed by atoms with Gasteiger partial charge in [-0.3, -0.25) is 10.1 Å². The molecule has 0 fully saturated rings. The number of sulfonamides is 1. The van der Waals surface area contributed by atoms with Crippen LogP contribution in [0.1, 0.15) is 13.8 Å². The molecule has 118 valence electrons. The Balaban J connectivity index is 3.64. The highest BCUT2D eigenvalue weighted by Crippen LogP contribution is 2.37. The van der Waals surface area contributed by atoms with Crippen LogP contribution in [-0.2, 0) is 10.0 Å². The summed E-state index contributed by atoms with van der Waals surface area (Å²) in [5, 5.41) is 11.2. The van der Waals surface area contributed by atoms with E-state index in [0.29, 0.717) is 0 Å². The van der Waals surface area contributed by atoms with Gasteiger partial charge < -0.3 is 9.47 Å². The lowest BCUT2D eigenvalue weighted by Crippen LogP contribution is -2.31. The molecule has 0 bridgehead atoms. The predicted molar refractivity (Wildman–Crippen MR) is 76.3 cm³/mol. The van der Waals surface area contributed by atoms with Crippen molar-refractivity contribution < 1.29 is 22.8 Å². The summed E-state index contributed by atoms with van der Waals surface area (Å²) < 4.78 is 36.2. The molecule has 8 nitrogen and oxygen atoms in total. The summed E-state index contributed by atoms with van der Waals surface area (Å²) in [7, 11) is -1.33. The monoisotopic (exact) mass is 318 g/mol. The van der Waals surface area contributed by atoms with E-state index in [2.05, 4.69) is 0 Å². The molecule has 0 saturated carbocycles. The summed E-state index contributed by atoms with van der Waals surface area (Å²) in [4.78, 5) is 10.0. The maximum Gasteiger partial charge on any atom is 0.293 e. The molecule has 1 aromatic rings. The first-order valence-electron chi connectivity index (χ1n) is 6.23. The van der Waals surface area contributed by atoms with E-state index in [1.54, 1.807) is 13.8 Å². The van der Waals surface area contributed by atoms with Crippen molar-refractivity contribution in [1.82, 2.24) is 4.31 Å². The first kappa shape index (κ1) is 17.2.